The SMILES string of the molecule is C=C(/C=C\N=C/C)CO. The van der Waals surface area contributed by atoms with Gasteiger partial charge in [0.25, 0.3) is 0 Å². The summed E-state index contributed by atoms with van der Waals surface area (Å²) >= 11 is 0. The monoisotopic (exact) mass is 125 g/mol. The molecule has 2 nitrogen and oxygen atoms in total. The molecule has 2 heteroatoms. The Morgan fingerprint density at radius 3 is 2.89 bits per heavy atom. The number of nitrogens with zero attached hydrogens (tertiary/aromatic N) is 1. The average molecular weight is 125 g/mol. The highest BCUT2D eigenvalue weighted by atomic mass is 16.3. The van der Waals surface area contributed by atoms with Crippen LogP contribution in [0.3, 0.4) is 0 Å². The van der Waals surface area contributed by atoms with Gasteiger partial charge in [-0.3, -0.25) is 4.99 Å². The summed E-state index contributed by atoms with van der Waals surface area (Å²) < 4.78 is 0. The van der Waals surface area contributed by atoms with Crippen molar-refractivity contribution in [3.05, 3.63) is 24.4 Å². The molecule has 0 saturated heterocycles. The fourth-order valence-corrected chi connectivity index (χ4v) is 0.287. The molecule has 0 aliphatic rings. The molecule has 1 N–H and O–H groups in total. The molecule has 0 aliphatic carbocycles. The van der Waals surface area contributed by atoms with Gasteiger partial charge in [-0.2, -0.15) is 0 Å². The molecule has 0 unspecified atom stereocenters. The first-order valence-corrected chi connectivity index (χ1v) is 2.74. The van der Waals surface area contributed by atoms with Gasteiger partial charge in [0.1, 0.15) is 0 Å². The van der Waals surface area contributed by atoms with Gasteiger partial charge in [0.15, 0.2) is 0 Å². The summed E-state index contributed by atoms with van der Waals surface area (Å²) in [5.74, 6) is 0. The van der Waals surface area contributed by atoms with Gasteiger partial charge in [-0.25, -0.2) is 0 Å². The largest absolute Gasteiger partial charge is 0.392 e. The molecule has 0 rings (SSSR count). The summed E-state index contributed by atoms with van der Waals surface area (Å²) in [5.41, 5.74) is 0.667. The number of aliphatic hydroxyl groups excluding tert-OH is 1. The molecule has 0 aromatic carbocycles. The summed E-state index contributed by atoms with van der Waals surface area (Å²) in [6.45, 7) is 5.36. The molecule has 0 saturated carbocycles. The molecule has 0 spiro atoms. The Kier molecular flexibility index (Phi) is 4.73. The highest BCUT2D eigenvalue weighted by Crippen LogP contribution is 1.88. The van der Waals surface area contributed by atoms with E-state index in [1.54, 1.807) is 18.5 Å². The Morgan fingerprint density at radius 1 is 1.78 bits per heavy atom. The third-order valence-corrected chi connectivity index (χ3v) is 0.748. The van der Waals surface area contributed by atoms with Crippen LogP contribution in [0.1, 0.15) is 6.92 Å². The molecule has 0 atom stereocenters. The Bertz CT molecular complexity index is 136. The molecule has 0 aromatic rings. The van der Waals surface area contributed by atoms with Crippen LogP contribution in [0.5, 0.6) is 0 Å². The Hall–Kier alpha value is -0.890. The zero-order valence-electron chi connectivity index (χ0n) is 5.54. The molecule has 0 aromatic heterocycles. The standard InChI is InChI=1S/C7H11NO/c1-3-8-5-4-7(2)6-9/h3-5,9H,2,6H2,1H3/b5-4-,8-3-. The van der Waals surface area contributed by atoms with Crippen molar-refractivity contribution in [3.8, 4) is 0 Å². The van der Waals surface area contributed by atoms with Gasteiger partial charge in [0.05, 0.1) is 6.61 Å². The third kappa shape index (κ3) is 4.97. The van der Waals surface area contributed by atoms with Crippen LogP contribution in [0.15, 0.2) is 29.4 Å². The smallest absolute Gasteiger partial charge is 0.0676 e. The molecule has 0 bridgehead atoms. The summed E-state index contributed by atoms with van der Waals surface area (Å²) in [7, 11) is 0. The van der Waals surface area contributed by atoms with Gasteiger partial charge in [-0.1, -0.05) is 6.58 Å². The van der Waals surface area contributed by atoms with Gasteiger partial charge >= 0.3 is 0 Å². The minimum absolute atomic E-state index is 0.00423. The predicted octanol–water partition coefficient (Wildman–Crippen LogP) is 1.14. The fraction of sp³-hybridized carbons (Fsp3) is 0.286. The van der Waals surface area contributed by atoms with E-state index < -0.39 is 0 Å². The second kappa shape index (κ2) is 5.25. The predicted molar refractivity (Wildman–Crippen MR) is 39.5 cm³/mol. The lowest BCUT2D eigenvalue weighted by atomic mass is 10.3. The molecule has 0 aliphatic heterocycles. The van der Waals surface area contributed by atoms with E-state index in [0.29, 0.717) is 5.57 Å². The van der Waals surface area contributed by atoms with Crippen molar-refractivity contribution in [1.82, 2.24) is 0 Å². The van der Waals surface area contributed by atoms with Crippen molar-refractivity contribution in [2.45, 2.75) is 6.92 Å². The molecule has 0 radical (unpaired) electrons. The second-order valence-corrected chi connectivity index (χ2v) is 1.54. The first kappa shape index (κ1) is 8.11. The van der Waals surface area contributed by atoms with Crippen LogP contribution in [0.2, 0.25) is 0 Å². The van der Waals surface area contributed by atoms with E-state index in [4.69, 9.17) is 5.11 Å². The maximum Gasteiger partial charge on any atom is 0.0676 e. The van der Waals surface area contributed by atoms with Gasteiger partial charge in [-0.15, -0.1) is 0 Å². The molecular weight excluding hydrogens is 114 g/mol. The van der Waals surface area contributed by atoms with Crippen LogP contribution in [0.4, 0.5) is 0 Å². The van der Waals surface area contributed by atoms with Crippen LogP contribution in [-0.2, 0) is 0 Å². The van der Waals surface area contributed by atoms with Crippen LogP contribution >= 0.6 is 0 Å². The Labute approximate surface area is 55.2 Å². The summed E-state index contributed by atoms with van der Waals surface area (Å²) in [6.07, 6.45) is 4.93. The summed E-state index contributed by atoms with van der Waals surface area (Å²) in [6, 6.07) is 0. The van der Waals surface area contributed by atoms with E-state index in [9.17, 15) is 0 Å². The second-order valence-electron chi connectivity index (χ2n) is 1.54. The lowest BCUT2D eigenvalue weighted by Gasteiger charge is -1.86. The Morgan fingerprint density at radius 2 is 2.44 bits per heavy atom. The normalized spacial score (nSPS) is 11.3. The van der Waals surface area contributed by atoms with Crippen molar-refractivity contribution >= 4 is 6.21 Å². The molecule has 0 heterocycles. The molecule has 0 amide bonds. The van der Waals surface area contributed by atoms with Gasteiger partial charge in [0, 0.05) is 12.4 Å². The average Bonchev–Trinajstić information content (AvgIpc) is 1.89. The maximum atomic E-state index is 8.43. The lowest BCUT2D eigenvalue weighted by Crippen LogP contribution is -1.80. The van der Waals surface area contributed by atoms with E-state index in [0.717, 1.165) is 0 Å². The van der Waals surface area contributed by atoms with Gasteiger partial charge < -0.3 is 5.11 Å². The first-order chi connectivity index (χ1) is 4.31. The number of aliphatic hydroxyl groups is 1. The molecule has 0 fully saturated rings. The van der Waals surface area contributed by atoms with E-state index in [-0.39, 0.29) is 6.61 Å². The highest BCUT2D eigenvalue weighted by molar-refractivity contribution is 5.54. The van der Waals surface area contributed by atoms with Crippen molar-refractivity contribution in [2.75, 3.05) is 6.61 Å². The van der Waals surface area contributed by atoms with Crippen LogP contribution < -0.4 is 0 Å². The van der Waals surface area contributed by atoms with Crippen LogP contribution in [-0.4, -0.2) is 17.9 Å². The zero-order chi connectivity index (χ0) is 7.11. The lowest BCUT2D eigenvalue weighted by molar-refractivity contribution is 0.335. The van der Waals surface area contributed by atoms with Crippen molar-refractivity contribution in [3.63, 3.8) is 0 Å². The van der Waals surface area contributed by atoms with Crippen molar-refractivity contribution in [1.29, 1.82) is 0 Å². The topological polar surface area (TPSA) is 32.6 Å². The van der Waals surface area contributed by atoms with E-state index in [1.165, 1.54) is 0 Å². The summed E-state index contributed by atoms with van der Waals surface area (Å²) in [5, 5.41) is 8.43. The van der Waals surface area contributed by atoms with Crippen molar-refractivity contribution < 1.29 is 5.11 Å². The quantitative estimate of drug-likeness (QED) is 0.445. The fourth-order valence-electron chi connectivity index (χ4n) is 0.287. The first-order valence-electron chi connectivity index (χ1n) is 2.74. The highest BCUT2D eigenvalue weighted by Gasteiger charge is 1.78. The van der Waals surface area contributed by atoms with E-state index >= 15 is 0 Å². The summed E-state index contributed by atoms with van der Waals surface area (Å²) in [4.78, 5) is 3.78. The van der Waals surface area contributed by atoms with E-state index in [2.05, 4.69) is 11.6 Å². The van der Waals surface area contributed by atoms with Crippen LogP contribution in [0.25, 0.3) is 0 Å². The van der Waals surface area contributed by atoms with Gasteiger partial charge in [-0.05, 0) is 18.6 Å². The molecule has 9 heavy (non-hydrogen) atoms. The van der Waals surface area contributed by atoms with Gasteiger partial charge in [0.2, 0.25) is 0 Å². The number of aliphatic imine (C=N–C) groups is 1. The minimum Gasteiger partial charge on any atom is -0.392 e. The minimum atomic E-state index is -0.00423. The molecular formula is C7H11NO. The number of hydrogen-bond donors (Lipinski definition) is 1. The molecule has 50 valence electrons. The van der Waals surface area contributed by atoms with Crippen LogP contribution in [0, 0.1) is 0 Å². The maximum absolute atomic E-state index is 8.43. The zero-order valence-corrected chi connectivity index (χ0v) is 5.54. The Balaban J connectivity index is 3.57. The van der Waals surface area contributed by atoms with Crippen molar-refractivity contribution in [2.24, 2.45) is 4.99 Å². The number of hydrogen-bond acceptors (Lipinski definition) is 2. The third-order valence-electron chi connectivity index (χ3n) is 0.748. The van der Waals surface area contributed by atoms with E-state index in [1.807, 2.05) is 6.92 Å². The number of rotatable bonds is 3.